The minimum atomic E-state index is 0. The Kier molecular flexibility index (Phi) is 8.45. The molecule has 0 N–H and O–H groups in total. The van der Waals surface area contributed by atoms with Gasteiger partial charge in [-0.15, -0.1) is 18.2 Å². The molecule has 0 saturated heterocycles. The van der Waals surface area contributed by atoms with Crippen LogP contribution in [0.3, 0.4) is 0 Å². The quantitative estimate of drug-likeness (QED) is 0.117. The first-order valence-electron chi connectivity index (χ1n) is 16.3. The van der Waals surface area contributed by atoms with Gasteiger partial charge in [-0.3, -0.25) is 0 Å². The summed E-state index contributed by atoms with van der Waals surface area (Å²) in [6.07, 6.45) is 0. The summed E-state index contributed by atoms with van der Waals surface area (Å²) >= 11 is 0. The normalized spacial score (nSPS) is 12.8. The Morgan fingerprint density at radius 3 is 1.80 bits per heavy atom. The maximum Gasteiger partial charge on any atom is 2.00 e. The van der Waals surface area contributed by atoms with Gasteiger partial charge in [0.15, 0.2) is 0 Å². The Labute approximate surface area is 309 Å². The molecule has 0 fully saturated rings. The molecule has 0 radical (unpaired) electrons. The fourth-order valence-corrected chi connectivity index (χ4v) is 6.44. The molecule has 2 aliphatic heterocycles. The van der Waals surface area contributed by atoms with Crippen molar-refractivity contribution in [2.45, 2.75) is 0 Å². The van der Waals surface area contributed by atoms with Crippen LogP contribution in [-0.4, -0.2) is 28.4 Å². The molecule has 0 saturated carbocycles. The number of benzene rings is 7. The minimum Gasteiger partial charge on any atom is -0.509 e. The molecule has 7 aromatic rings. The number of hydrogen-bond acceptors (Lipinski definition) is 3. The molecular weight excluding hydrogens is 812 g/mol. The van der Waals surface area contributed by atoms with Gasteiger partial charge in [0, 0.05) is 17.6 Å². The zero-order chi connectivity index (χ0) is 33.4. The molecule has 0 aromatic heterocycles. The number of ether oxygens (including phenoxy) is 1. The van der Waals surface area contributed by atoms with Crippen LogP contribution in [0.15, 0.2) is 162 Å². The van der Waals surface area contributed by atoms with Gasteiger partial charge in [-0.2, -0.15) is 12.1 Å². The Balaban J connectivity index is 0.00000374. The third-order valence-electron chi connectivity index (χ3n) is 8.67. The standard InChI is InChI=1S/C43H28N6O.Pt/c1-46-29-49(45-44-46)35-19-11-21-37(28-35)50-36-20-10-18-34(27-36)47-30-48(43-40-22-9-8-17-33(40)25-26-41(43)47)42-38(31-13-4-2-5-14-31)23-12-24-39(42)32-15-6-3-7-16-32;/h2-26H,1H3;/q2*+2. The van der Waals surface area contributed by atoms with Crippen molar-refractivity contribution in [1.82, 2.24) is 9.15 Å². The molecule has 0 aliphatic carbocycles. The van der Waals surface area contributed by atoms with Gasteiger partial charge in [0.2, 0.25) is 5.69 Å². The Morgan fingerprint density at radius 1 is 0.529 bits per heavy atom. The molecule has 51 heavy (non-hydrogen) atoms. The predicted octanol–water partition coefficient (Wildman–Crippen LogP) is 10.2. The van der Waals surface area contributed by atoms with Gasteiger partial charge in [-0.25, -0.2) is 0 Å². The minimum absolute atomic E-state index is 0. The van der Waals surface area contributed by atoms with E-state index in [1.165, 1.54) is 9.37 Å². The van der Waals surface area contributed by atoms with Crippen LogP contribution in [0.5, 0.6) is 11.5 Å². The second kappa shape index (κ2) is 13.5. The van der Waals surface area contributed by atoms with Crippen LogP contribution in [0.25, 0.3) is 33.0 Å². The van der Waals surface area contributed by atoms with Crippen molar-refractivity contribution in [2.24, 2.45) is 10.4 Å². The van der Waals surface area contributed by atoms with Gasteiger partial charge in [0.1, 0.15) is 23.1 Å². The third-order valence-corrected chi connectivity index (χ3v) is 8.67. The number of hydrogen-bond donors (Lipinski definition) is 0. The predicted molar refractivity (Wildman–Crippen MR) is 196 cm³/mol. The summed E-state index contributed by atoms with van der Waals surface area (Å²) in [6, 6.07) is 65.4. The molecule has 0 bridgehead atoms. The Bertz CT molecular complexity index is 2600. The van der Waals surface area contributed by atoms with Crippen molar-refractivity contribution in [3.8, 4) is 33.8 Å². The first kappa shape index (κ1) is 31.9. The van der Waals surface area contributed by atoms with Gasteiger partial charge in [0.25, 0.3) is 10.9 Å². The summed E-state index contributed by atoms with van der Waals surface area (Å²) in [5.41, 5.74) is 8.99. The Hall–Kier alpha value is -6.35. The van der Waals surface area contributed by atoms with Gasteiger partial charge in [-0.1, -0.05) is 108 Å². The summed E-state index contributed by atoms with van der Waals surface area (Å²) in [5.74, 6) is 1.07. The third kappa shape index (κ3) is 5.97. The van der Waals surface area contributed by atoms with Crippen LogP contribution in [-0.2, 0) is 21.1 Å². The smallest absolute Gasteiger partial charge is 0.509 e. The van der Waals surface area contributed by atoms with Crippen LogP contribution >= 0.6 is 0 Å². The van der Waals surface area contributed by atoms with E-state index in [1.54, 1.807) is 7.05 Å². The molecule has 242 valence electrons. The largest absolute Gasteiger partial charge is 2.00 e. The number of fused-ring (bicyclic) bond motifs is 3. The van der Waals surface area contributed by atoms with E-state index in [1.807, 2.05) is 36.4 Å². The van der Waals surface area contributed by atoms with Crippen molar-refractivity contribution < 1.29 is 35.2 Å². The number of rotatable bonds is 7. The molecule has 2 aliphatic rings. The van der Waals surface area contributed by atoms with Crippen LogP contribution < -0.4 is 13.9 Å². The van der Waals surface area contributed by atoms with E-state index in [2.05, 4.69) is 159 Å². The molecular formula is C43H28N6OPt+4. The summed E-state index contributed by atoms with van der Waals surface area (Å²) in [7, 11) is 1.77. The summed E-state index contributed by atoms with van der Waals surface area (Å²) in [5, 5.41) is 10.3. The molecule has 8 heteroatoms. The van der Waals surface area contributed by atoms with Gasteiger partial charge >= 0.3 is 44.0 Å². The molecule has 0 unspecified atom stereocenters. The van der Waals surface area contributed by atoms with Crippen molar-refractivity contribution in [3.05, 3.63) is 164 Å². The second-order valence-electron chi connectivity index (χ2n) is 11.9. The van der Waals surface area contributed by atoms with E-state index in [9.17, 15) is 0 Å². The van der Waals surface area contributed by atoms with E-state index in [4.69, 9.17) is 4.74 Å². The van der Waals surface area contributed by atoms with Gasteiger partial charge in [0.05, 0.1) is 16.5 Å². The summed E-state index contributed by atoms with van der Waals surface area (Å²) < 4.78 is 13.6. The summed E-state index contributed by atoms with van der Waals surface area (Å²) in [4.78, 5) is 0. The zero-order valence-corrected chi connectivity index (χ0v) is 29.6. The van der Waals surface area contributed by atoms with Crippen LogP contribution in [0.1, 0.15) is 0 Å². The maximum absolute atomic E-state index is 6.31. The van der Waals surface area contributed by atoms with Crippen molar-refractivity contribution in [3.63, 3.8) is 0 Å². The van der Waals surface area contributed by atoms with Crippen molar-refractivity contribution in [1.29, 1.82) is 0 Å². The monoisotopic (exact) mass is 839 g/mol. The topological polar surface area (TPSA) is 46.0 Å². The Morgan fingerprint density at radius 2 is 1.14 bits per heavy atom. The fraction of sp³-hybridized carbons (Fsp3) is 0.0233. The second-order valence-corrected chi connectivity index (χ2v) is 11.9. The van der Waals surface area contributed by atoms with Crippen LogP contribution in [0, 0.1) is 12.1 Å². The van der Waals surface area contributed by atoms with Crippen molar-refractivity contribution >= 4 is 51.2 Å². The van der Waals surface area contributed by atoms with E-state index in [0.29, 0.717) is 17.2 Å². The molecule has 7 aromatic carbocycles. The maximum atomic E-state index is 6.31. The summed E-state index contributed by atoms with van der Waals surface area (Å²) in [6.45, 7) is 0. The first-order valence-corrected chi connectivity index (χ1v) is 16.3. The van der Waals surface area contributed by atoms with E-state index >= 15 is 0 Å². The molecule has 0 amide bonds. The number of para-hydroxylation sites is 1. The molecule has 2 heterocycles. The average Bonchev–Trinajstić information content (AvgIpc) is 3.80. The first-order chi connectivity index (χ1) is 24.7. The molecule has 0 atom stereocenters. The van der Waals surface area contributed by atoms with Crippen molar-refractivity contribution in [2.75, 3.05) is 7.05 Å². The SMILES string of the molecule is C[N+]1=C=[N+](c2[c-]c(Oc3[c-]c([N+]4=C=[N+](c5c(-c6ccccc6)cccc5-c5ccccc5)c5c4ccc4ccccc54)ccc3)ccc2)N=N1.[Pt+2]. The van der Waals surface area contributed by atoms with Gasteiger partial charge < -0.3 is 4.74 Å². The number of nitrogens with zero attached hydrogens (tertiary/aromatic N) is 6. The molecule has 7 nitrogen and oxygen atoms in total. The molecule has 0 spiro atoms. The van der Waals surface area contributed by atoms with Crippen LogP contribution in [0.4, 0.5) is 28.4 Å². The average molecular weight is 840 g/mol. The van der Waals surface area contributed by atoms with E-state index < -0.39 is 0 Å². The van der Waals surface area contributed by atoms with Gasteiger partial charge in [-0.05, 0) is 50.0 Å². The van der Waals surface area contributed by atoms with E-state index in [0.717, 1.165) is 55.8 Å². The van der Waals surface area contributed by atoms with Crippen LogP contribution in [0.2, 0.25) is 0 Å². The molecule has 9 rings (SSSR count). The van der Waals surface area contributed by atoms with E-state index in [-0.39, 0.29) is 21.1 Å². The fourth-order valence-electron chi connectivity index (χ4n) is 6.44. The zero-order valence-electron chi connectivity index (χ0n) is 27.3.